The number of hydrogen-bond donors (Lipinski definition) is 1. The van der Waals surface area contributed by atoms with Crippen molar-refractivity contribution in [3.05, 3.63) is 29.3 Å². The first kappa shape index (κ1) is 17.4. The highest BCUT2D eigenvalue weighted by atomic mass is 16.5. The number of esters is 1. The third kappa shape index (κ3) is 4.08. The molecule has 1 fully saturated rings. The number of nitrogens with one attached hydrogen (secondary N) is 1. The highest BCUT2D eigenvalue weighted by Crippen LogP contribution is 2.21. The highest BCUT2D eigenvalue weighted by Gasteiger charge is 2.21. The molecule has 1 aliphatic heterocycles. The number of methoxy groups -OCH3 is 1. The Kier molecular flexibility index (Phi) is 5.87. The van der Waals surface area contributed by atoms with Crippen molar-refractivity contribution in [2.75, 3.05) is 38.7 Å². The van der Waals surface area contributed by atoms with E-state index >= 15 is 0 Å². The third-order valence-corrected chi connectivity index (χ3v) is 3.48. The lowest BCUT2D eigenvalue weighted by Crippen LogP contribution is -2.40. The molecule has 0 saturated carbocycles. The van der Waals surface area contributed by atoms with Crippen molar-refractivity contribution in [3.63, 3.8) is 0 Å². The summed E-state index contributed by atoms with van der Waals surface area (Å²) in [5.41, 5.74) is 0.584. The van der Waals surface area contributed by atoms with E-state index in [1.54, 1.807) is 11.0 Å². The topological polar surface area (TPSA) is 109 Å². The number of rotatable bonds is 4. The van der Waals surface area contributed by atoms with Crippen LogP contribution in [0.3, 0.4) is 0 Å². The van der Waals surface area contributed by atoms with Crippen LogP contribution in [0.5, 0.6) is 0 Å². The van der Waals surface area contributed by atoms with Crippen molar-refractivity contribution in [2.24, 2.45) is 0 Å². The van der Waals surface area contributed by atoms with Crippen LogP contribution in [0.25, 0.3) is 0 Å². The first-order valence-corrected chi connectivity index (χ1v) is 7.33. The van der Waals surface area contributed by atoms with Gasteiger partial charge in [-0.15, -0.1) is 0 Å². The third-order valence-electron chi connectivity index (χ3n) is 3.48. The molecule has 8 nitrogen and oxygen atoms in total. The van der Waals surface area contributed by atoms with Crippen molar-refractivity contribution in [3.8, 4) is 6.07 Å². The standard InChI is InChI=1S/C16H17N3O5/c1-23-16(22)12-3-2-11(10-13(12)18-14(20)4-5-17)15(21)19-6-8-24-9-7-19/h2-3,10H,4,6-9H2,1H3,(H,18,20). The normalized spacial score (nSPS) is 13.8. The molecule has 2 rings (SSSR count). The van der Waals surface area contributed by atoms with Gasteiger partial charge >= 0.3 is 5.97 Å². The van der Waals surface area contributed by atoms with Crippen molar-refractivity contribution in [1.29, 1.82) is 5.26 Å². The molecule has 0 radical (unpaired) electrons. The molecule has 0 unspecified atom stereocenters. The Bertz CT molecular complexity index is 689. The fraction of sp³-hybridized carbons (Fsp3) is 0.375. The van der Waals surface area contributed by atoms with E-state index in [4.69, 9.17) is 10.00 Å². The summed E-state index contributed by atoms with van der Waals surface area (Å²) in [6.45, 7) is 1.90. The van der Waals surface area contributed by atoms with Crippen LogP contribution in [0.2, 0.25) is 0 Å². The Morgan fingerprint density at radius 2 is 2.04 bits per heavy atom. The molecule has 126 valence electrons. The monoisotopic (exact) mass is 331 g/mol. The lowest BCUT2D eigenvalue weighted by atomic mass is 10.1. The van der Waals surface area contributed by atoms with Gasteiger partial charge in [-0.3, -0.25) is 9.59 Å². The van der Waals surface area contributed by atoms with Crippen LogP contribution >= 0.6 is 0 Å². The lowest BCUT2D eigenvalue weighted by Gasteiger charge is -2.27. The van der Waals surface area contributed by atoms with Gasteiger partial charge in [0, 0.05) is 18.7 Å². The second-order valence-electron chi connectivity index (χ2n) is 5.04. The fourth-order valence-electron chi connectivity index (χ4n) is 2.28. The molecule has 1 aliphatic rings. The van der Waals surface area contributed by atoms with Crippen molar-refractivity contribution in [2.45, 2.75) is 6.42 Å². The molecule has 1 saturated heterocycles. The van der Waals surface area contributed by atoms with Crippen LogP contribution in [0, 0.1) is 11.3 Å². The first-order chi connectivity index (χ1) is 11.6. The minimum absolute atomic E-state index is 0.113. The average molecular weight is 331 g/mol. The second kappa shape index (κ2) is 8.08. The predicted octanol–water partition coefficient (Wildman–Crippen LogP) is 0.798. The maximum absolute atomic E-state index is 12.5. The van der Waals surface area contributed by atoms with Crippen molar-refractivity contribution in [1.82, 2.24) is 4.90 Å². The maximum atomic E-state index is 12.5. The summed E-state index contributed by atoms with van der Waals surface area (Å²) >= 11 is 0. The molecule has 1 heterocycles. The van der Waals surface area contributed by atoms with Gasteiger partial charge in [-0.2, -0.15) is 5.26 Å². The largest absolute Gasteiger partial charge is 0.465 e. The number of carbonyl (C=O) groups is 3. The number of ether oxygens (including phenoxy) is 2. The number of anilines is 1. The van der Waals surface area contributed by atoms with Crippen LogP contribution < -0.4 is 5.32 Å². The molecule has 8 heteroatoms. The molecule has 0 aliphatic carbocycles. The zero-order valence-corrected chi connectivity index (χ0v) is 13.2. The Hall–Kier alpha value is -2.92. The zero-order valence-electron chi connectivity index (χ0n) is 13.2. The van der Waals surface area contributed by atoms with Gasteiger partial charge < -0.3 is 19.7 Å². The van der Waals surface area contributed by atoms with E-state index in [9.17, 15) is 14.4 Å². The van der Waals surface area contributed by atoms with Gasteiger partial charge in [0.1, 0.15) is 6.42 Å². The average Bonchev–Trinajstić information content (AvgIpc) is 2.61. The molecule has 0 atom stereocenters. The smallest absolute Gasteiger partial charge is 0.339 e. The van der Waals surface area contributed by atoms with E-state index < -0.39 is 11.9 Å². The summed E-state index contributed by atoms with van der Waals surface area (Å²) in [5, 5.41) is 11.0. The Morgan fingerprint density at radius 1 is 1.33 bits per heavy atom. The van der Waals surface area contributed by atoms with E-state index in [0.29, 0.717) is 31.9 Å². The number of nitriles is 1. The molecule has 0 spiro atoms. The van der Waals surface area contributed by atoms with Gasteiger partial charge in [0.2, 0.25) is 5.91 Å². The summed E-state index contributed by atoms with van der Waals surface area (Å²) in [6.07, 6.45) is -0.359. The predicted molar refractivity (Wildman–Crippen MR) is 83.4 cm³/mol. The zero-order chi connectivity index (χ0) is 17.5. The molecule has 1 aromatic rings. The molecule has 1 N–H and O–H groups in total. The van der Waals surface area contributed by atoms with Gasteiger partial charge in [-0.05, 0) is 18.2 Å². The van der Waals surface area contributed by atoms with Crippen LogP contribution in [-0.2, 0) is 14.3 Å². The quantitative estimate of drug-likeness (QED) is 0.817. The molecular weight excluding hydrogens is 314 g/mol. The molecular formula is C16H17N3O5. The van der Waals surface area contributed by atoms with Gasteiger partial charge in [-0.25, -0.2) is 4.79 Å². The summed E-state index contributed by atoms with van der Waals surface area (Å²) < 4.78 is 9.88. The van der Waals surface area contributed by atoms with E-state index in [0.717, 1.165) is 0 Å². The number of amides is 2. The van der Waals surface area contributed by atoms with Gasteiger partial charge in [0.15, 0.2) is 0 Å². The van der Waals surface area contributed by atoms with E-state index in [-0.39, 0.29) is 23.6 Å². The lowest BCUT2D eigenvalue weighted by molar-refractivity contribution is -0.115. The minimum atomic E-state index is -0.646. The summed E-state index contributed by atoms with van der Waals surface area (Å²) in [6, 6.07) is 6.06. The highest BCUT2D eigenvalue weighted by molar-refractivity contribution is 6.04. The number of benzene rings is 1. The number of carbonyl (C=O) groups excluding carboxylic acids is 3. The van der Waals surface area contributed by atoms with E-state index in [1.165, 1.54) is 25.3 Å². The van der Waals surface area contributed by atoms with Crippen LogP contribution in [-0.4, -0.2) is 56.1 Å². The van der Waals surface area contributed by atoms with Crippen LogP contribution in [0.1, 0.15) is 27.1 Å². The molecule has 24 heavy (non-hydrogen) atoms. The van der Waals surface area contributed by atoms with Crippen LogP contribution in [0.15, 0.2) is 18.2 Å². The Morgan fingerprint density at radius 3 is 2.67 bits per heavy atom. The number of morpholine rings is 1. The summed E-state index contributed by atoms with van der Waals surface area (Å²) in [5.74, 6) is -1.43. The summed E-state index contributed by atoms with van der Waals surface area (Å²) in [4.78, 5) is 37.6. The van der Waals surface area contributed by atoms with Crippen molar-refractivity contribution < 1.29 is 23.9 Å². The fourth-order valence-corrected chi connectivity index (χ4v) is 2.28. The Balaban J connectivity index is 2.30. The van der Waals surface area contributed by atoms with Crippen molar-refractivity contribution >= 4 is 23.5 Å². The molecule has 1 aromatic carbocycles. The first-order valence-electron chi connectivity index (χ1n) is 7.33. The van der Waals surface area contributed by atoms with Crippen LogP contribution in [0.4, 0.5) is 5.69 Å². The number of hydrogen-bond acceptors (Lipinski definition) is 6. The van der Waals surface area contributed by atoms with Gasteiger partial charge in [0.05, 0.1) is 37.6 Å². The Labute approximate surface area is 138 Å². The number of nitrogens with zero attached hydrogens (tertiary/aromatic N) is 2. The molecule has 0 aromatic heterocycles. The SMILES string of the molecule is COC(=O)c1ccc(C(=O)N2CCOCC2)cc1NC(=O)CC#N. The van der Waals surface area contributed by atoms with E-state index in [1.807, 2.05) is 0 Å². The summed E-state index contributed by atoms with van der Waals surface area (Å²) in [7, 11) is 1.22. The molecule has 2 amide bonds. The van der Waals surface area contributed by atoms with E-state index in [2.05, 4.69) is 10.1 Å². The van der Waals surface area contributed by atoms with Gasteiger partial charge in [0.25, 0.3) is 5.91 Å². The second-order valence-corrected chi connectivity index (χ2v) is 5.04. The molecule has 0 bridgehead atoms. The minimum Gasteiger partial charge on any atom is -0.465 e. The van der Waals surface area contributed by atoms with Gasteiger partial charge in [-0.1, -0.05) is 0 Å². The maximum Gasteiger partial charge on any atom is 0.339 e.